The summed E-state index contributed by atoms with van der Waals surface area (Å²) >= 11 is 5.41. The van der Waals surface area contributed by atoms with Gasteiger partial charge in [0.05, 0.1) is 19.8 Å². The van der Waals surface area contributed by atoms with Crippen LogP contribution in [0.4, 0.5) is 4.39 Å². The highest BCUT2D eigenvalue weighted by Crippen LogP contribution is 2.32. The van der Waals surface area contributed by atoms with E-state index in [4.69, 9.17) is 9.47 Å². The Morgan fingerprint density at radius 1 is 1.10 bits per heavy atom. The summed E-state index contributed by atoms with van der Waals surface area (Å²) in [6.45, 7) is 0. The Kier molecular flexibility index (Phi) is 5.21. The van der Waals surface area contributed by atoms with Gasteiger partial charge in [-0.3, -0.25) is 4.79 Å². The van der Waals surface area contributed by atoms with E-state index >= 15 is 0 Å². The third kappa shape index (κ3) is 3.37. The van der Waals surface area contributed by atoms with E-state index in [0.717, 1.165) is 9.64 Å². The van der Waals surface area contributed by atoms with Gasteiger partial charge < -0.3 is 9.47 Å². The van der Waals surface area contributed by atoms with E-state index in [1.165, 1.54) is 20.3 Å². The average Bonchev–Trinajstić information content (AvgIpc) is 2.48. The van der Waals surface area contributed by atoms with Crippen molar-refractivity contribution in [2.24, 2.45) is 0 Å². The molecule has 0 aliphatic heterocycles. The van der Waals surface area contributed by atoms with Gasteiger partial charge in [-0.15, -0.1) is 0 Å². The third-order valence-electron chi connectivity index (χ3n) is 2.89. The summed E-state index contributed by atoms with van der Waals surface area (Å²) in [7, 11) is 2.85. The van der Waals surface area contributed by atoms with Crippen LogP contribution in [0.1, 0.15) is 15.9 Å². The minimum atomic E-state index is -0.650. The molecule has 0 spiro atoms. The van der Waals surface area contributed by atoms with Crippen LogP contribution in [0.15, 0.2) is 34.8 Å². The number of halogens is 3. The van der Waals surface area contributed by atoms with Gasteiger partial charge in [0.15, 0.2) is 17.3 Å². The summed E-state index contributed by atoms with van der Waals surface area (Å²) in [6, 6.07) is 7.81. The number of methoxy groups -OCH3 is 2. The third-order valence-corrected chi connectivity index (χ3v) is 4.25. The maximum atomic E-state index is 14.1. The van der Waals surface area contributed by atoms with E-state index in [-0.39, 0.29) is 11.3 Å². The molecule has 0 radical (unpaired) electrons. The first-order valence-electron chi connectivity index (χ1n) is 5.89. The summed E-state index contributed by atoms with van der Waals surface area (Å²) in [5.74, 6) is -0.514. The highest BCUT2D eigenvalue weighted by Gasteiger charge is 2.20. The quantitative estimate of drug-likeness (QED) is 0.495. The lowest BCUT2D eigenvalue weighted by atomic mass is 10.0. The van der Waals surface area contributed by atoms with Gasteiger partial charge in [-0.05, 0) is 46.9 Å². The lowest BCUT2D eigenvalue weighted by molar-refractivity contribution is 0.103. The Morgan fingerprint density at radius 2 is 1.71 bits per heavy atom. The monoisotopic (exact) mass is 464 g/mol. The Hall–Kier alpha value is -1.15. The first-order chi connectivity index (χ1) is 9.97. The number of hydrogen-bond acceptors (Lipinski definition) is 3. The number of rotatable bonds is 4. The van der Waals surface area contributed by atoms with Crippen molar-refractivity contribution >= 4 is 44.3 Å². The molecule has 0 saturated carbocycles. The second-order valence-electron chi connectivity index (χ2n) is 4.14. The van der Waals surface area contributed by atoms with Gasteiger partial charge >= 0.3 is 0 Å². The zero-order valence-corrected chi connectivity index (χ0v) is 15.0. The standard InChI is InChI=1S/C15H11BrFIO3/c1-20-13-6-10(12(17)7-14(13)21-2)15(19)9-5-8(18)3-4-11(9)16/h3-7H,1-2H3. The van der Waals surface area contributed by atoms with Crippen LogP contribution in [-0.4, -0.2) is 20.0 Å². The summed E-state index contributed by atoms with van der Waals surface area (Å²) in [6.07, 6.45) is 0. The summed E-state index contributed by atoms with van der Waals surface area (Å²) in [5, 5.41) is 0. The number of ether oxygens (including phenoxy) is 2. The molecule has 2 aromatic rings. The van der Waals surface area contributed by atoms with E-state index in [1.54, 1.807) is 12.1 Å². The van der Waals surface area contributed by atoms with Gasteiger partial charge in [-0.1, -0.05) is 15.9 Å². The van der Waals surface area contributed by atoms with Crippen molar-refractivity contribution in [2.45, 2.75) is 0 Å². The topological polar surface area (TPSA) is 35.5 Å². The van der Waals surface area contributed by atoms with Crippen molar-refractivity contribution in [3.8, 4) is 11.5 Å². The highest BCUT2D eigenvalue weighted by molar-refractivity contribution is 14.1. The predicted octanol–water partition coefficient (Wildman–Crippen LogP) is 4.44. The molecule has 2 aromatic carbocycles. The molecule has 0 fully saturated rings. The molecule has 110 valence electrons. The van der Waals surface area contributed by atoms with Crippen LogP contribution < -0.4 is 9.47 Å². The Bertz CT molecular complexity index is 704. The Balaban J connectivity index is 2.55. The summed E-state index contributed by atoms with van der Waals surface area (Å²) < 4.78 is 25.8. The van der Waals surface area contributed by atoms with Crippen molar-refractivity contribution in [3.63, 3.8) is 0 Å². The maximum absolute atomic E-state index is 14.1. The van der Waals surface area contributed by atoms with Gasteiger partial charge in [0, 0.05) is 19.7 Å². The van der Waals surface area contributed by atoms with Crippen LogP contribution in [0, 0.1) is 9.39 Å². The molecule has 0 unspecified atom stereocenters. The van der Waals surface area contributed by atoms with Crippen LogP contribution in [0.3, 0.4) is 0 Å². The molecule has 3 nitrogen and oxygen atoms in total. The number of carbonyl (C=O) groups excluding carboxylic acids is 1. The second kappa shape index (κ2) is 6.74. The van der Waals surface area contributed by atoms with Crippen LogP contribution >= 0.6 is 38.5 Å². The fourth-order valence-corrected chi connectivity index (χ4v) is 2.76. The molecule has 0 aliphatic rings. The first kappa shape index (κ1) is 16.2. The number of ketones is 1. The Morgan fingerprint density at radius 3 is 2.33 bits per heavy atom. The van der Waals surface area contributed by atoms with Gasteiger partial charge in [0.25, 0.3) is 0 Å². The minimum absolute atomic E-state index is 0.0599. The van der Waals surface area contributed by atoms with Crippen molar-refractivity contribution in [2.75, 3.05) is 14.2 Å². The molecule has 0 amide bonds. The molecule has 0 bridgehead atoms. The molecule has 0 saturated heterocycles. The molecular formula is C15H11BrFIO3. The highest BCUT2D eigenvalue weighted by atomic mass is 127. The molecule has 2 rings (SSSR count). The van der Waals surface area contributed by atoms with Crippen molar-refractivity contribution in [3.05, 3.63) is 55.3 Å². The smallest absolute Gasteiger partial charge is 0.197 e. The molecule has 21 heavy (non-hydrogen) atoms. The van der Waals surface area contributed by atoms with Crippen molar-refractivity contribution in [1.29, 1.82) is 0 Å². The summed E-state index contributed by atoms with van der Waals surface area (Å²) in [5.41, 5.74) is 0.336. The van der Waals surface area contributed by atoms with E-state index in [2.05, 4.69) is 38.5 Å². The van der Waals surface area contributed by atoms with Crippen LogP contribution in [0.2, 0.25) is 0 Å². The van der Waals surface area contributed by atoms with E-state index in [9.17, 15) is 9.18 Å². The average molecular weight is 465 g/mol. The molecule has 0 N–H and O–H groups in total. The van der Waals surface area contributed by atoms with E-state index in [1.807, 2.05) is 6.07 Å². The molecule has 0 aromatic heterocycles. The Labute approximate surface area is 143 Å². The van der Waals surface area contributed by atoms with Crippen molar-refractivity contribution < 1.29 is 18.7 Å². The molecule has 0 heterocycles. The molecule has 0 aliphatic carbocycles. The fourth-order valence-electron chi connectivity index (χ4n) is 1.84. The first-order valence-corrected chi connectivity index (χ1v) is 7.76. The minimum Gasteiger partial charge on any atom is -0.493 e. The molecular weight excluding hydrogens is 454 g/mol. The van der Waals surface area contributed by atoms with Crippen molar-refractivity contribution in [1.82, 2.24) is 0 Å². The van der Waals surface area contributed by atoms with E-state index in [0.29, 0.717) is 15.8 Å². The number of carbonyl (C=O) groups is 1. The lowest BCUT2D eigenvalue weighted by Gasteiger charge is -2.11. The zero-order chi connectivity index (χ0) is 15.6. The molecule has 0 atom stereocenters. The number of benzene rings is 2. The largest absolute Gasteiger partial charge is 0.493 e. The predicted molar refractivity (Wildman–Crippen MR) is 89.8 cm³/mol. The van der Waals surface area contributed by atoms with Crippen LogP contribution in [0.5, 0.6) is 11.5 Å². The maximum Gasteiger partial charge on any atom is 0.197 e. The fraction of sp³-hybridized carbons (Fsp3) is 0.133. The lowest BCUT2D eigenvalue weighted by Crippen LogP contribution is -2.07. The van der Waals surface area contributed by atoms with Gasteiger partial charge in [-0.25, -0.2) is 4.39 Å². The van der Waals surface area contributed by atoms with Crippen LogP contribution in [0.25, 0.3) is 0 Å². The second-order valence-corrected chi connectivity index (χ2v) is 6.24. The van der Waals surface area contributed by atoms with Gasteiger partial charge in [0.2, 0.25) is 0 Å². The van der Waals surface area contributed by atoms with E-state index < -0.39 is 11.6 Å². The number of hydrogen-bond donors (Lipinski definition) is 0. The molecule has 6 heteroatoms. The van der Waals surface area contributed by atoms with Gasteiger partial charge in [-0.2, -0.15) is 0 Å². The van der Waals surface area contributed by atoms with Crippen LogP contribution in [-0.2, 0) is 0 Å². The normalized spacial score (nSPS) is 10.3. The SMILES string of the molecule is COc1cc(F)c(C(=O)c2cc(I)ccc2Br)cc1OC. The zero-order valence-electron chi connectivity index (χ0n) is 11.2. The van der Waals surface area contributed by atoms with Gasteiger partial charge in [0.1, 0.15) is 5.82 Å². The summed E-state index contributed by atoms with van der Waals surface area (Å²) in [4.78, 5) is 12.5.